The van der Waals surface area contributed by atoms with E-state index in [4.69, 9.17) is 4.74 Å². The lowest BCUT2D eigenvalue weighted by atomic mass is 10.2. The molecular formula is C17H19N2O2+. The van der Waals surface area contributed by atoms with E-state index in [0.717, 1.165) is 12.4 Å². The Labute approximate surface area is 124 Å². The first-order chi connectivity index (χ1) is 10.3. The summed E-state index contributed by atoms with van der Waals surface area (Å²) >= 11 is 0. The van der Waals surface area contributed by atoms with Gasteiger partial charge in [0.05, 0.1) is 6.42 Å². The van der Waals surface area contributed by atoms with Gasteiger partial charge in [-0.15, -0.1) is 0 Å². The Hall–Kier alpha value is -2.62. The van der Waals surface area contributed by atoms with E-state index in [1.165, 1.54) is 11.6 Å². The maximum absolute atomic E-state index is 11.0. The van der Waals surface area contributed by atoms with Crippen LogP contribution < -0.4 is 4.57 Å². The number of aromatic amines is 1. The number of imidazole rings is 1. The van der Waals surface area contributed by atoms with E-state index in [1.54, 1.807) is 0 Å². The van der Waals surface area contributed by atoms with E-state index in [1.807, 2.05) is 30.6 Å². The Morgan fingerprint density at radius 1 is 1.33 bits per heavy atom. The summed E-state index contributed by atoms with van der Waals surface area (Å²) in [6.07, 6.45) is 9.85. The molecule has 0 saturated carbocycles. The SMILES string of the molecule is C=CC(=O)OCCc1[nH]cc[n+]1CC=Cc1ccccc1. The van der Waals surface area contributed by atoms with Crippen LogP contribution in [0.2, 0.25) is 0 Å². The zero-order chi connectivity index (χ0) is 14.9. The Balaban J connectivity index is 1.87. The fourth-order valence-corrected chi connectivity index (χ4v) is 1.96. The average molecular weight is 283 g/mol. The molecule has 0 aliphatic carbocycles. The summed E-state index contributed by atoms with van der Waals surface area (Å²) in [4.78, 5) is 14.1. The van der Waals surface area contributed by atoms with Gasteiger partial charge in [-0.1, -0.05) is 43.0 Å². The maximum atomic E-state index is 11.0. The van der Waals surface area contributed by atoms with Crippen molar-refractivity contribution in [3.8, 4) is 0 Å². The highest BCUT2D eigenvalue weighted by Crippen LogP contribution is 2.00. The van der Waals surface area contributed by atoms with Crippen LogP contribution in [-0.4, -0.2) is 17.6 Å². The summed E-state index contributed by atoms with van der Waals surface area (Å²) < 4.78 is 7.07. The molecule has 21 heavy (non-hydrogen) atoms. The Bertz CT molecular complexity index is 615. The van der Waals surface area contributed by atoms with Crippen molar-refractivity contribution in [1.29, 1.82) is 0 Å². The zero-order valence-corrected chi connectivity index (χ0v) is 11.9. The minimum atomic E-state index is -0.392. The summed E-state index contributed by atoms with van der Waals surface area (Å²) in [6.45, 7) is 4.47. The molecule has 1 N–H and O–H groups in total. The number of ether oxygens (including phenoxy) is 1. The molecule has 0 saturated heterocycles. The number of carbonyl (C=O) groups is 1. The molecule has 0 bridgehead atoms. The molecule has 2 rings (SSSR count). The molecule has 0 aliphatic heterocycles. The molecule has 0 radical (unpaired) electrons. The van der Waals surface area contributed by atoms with Crippen LogP contribution in [0.15, 0.2) is 61.5 Å². The number of H-pyrrole nitrogens is 1. The van der Waals surface area contributed by atoms with Gasteiger partial charge in [-0.2, -0.15) is 0 Å². The zero-order valence-electron chi connectivity index (χ0n) is 11.9. The fourth-order valence-electron chi connectivity index (χ4n) is 1.96. The fraction of sp³-hybridized carbons (Fsp3) is 0.176. The van der Waals surface area contributed by atoms with Crippen LogP contribution in [0.1, 0.15) is 11.4 Å². The summed E-state index contributed by atoms with van der Waals surface area (Å²) in [5, 5.41) is 0. The van der Waals surface area contributed by atoms with Crippen LogP contribution in [-0.2, 0) is 22.5 Å². The number of aromatic nitrogens is 2. The van der Waals surface area contributed by atoms with Crippen LogP contribution in [0.3, 0.4) is 0 Å². The third-order valence-electron chi connectivity index (χ3n) is 3.01. The molecule has 4 heteroatoms. The van der Waals surface area contributed by atoms with Gasteiger partial charge in [0, 0.05) is 6.08 Å². The highest BCUT2D eigenvalue weighted by atomic mass is 16.5. The minimum absolute atomic E-state index is 0.341. The third-order valence-corrected chi connectivity index (χ3v) is 3.01. The Morgan fingerprint density at radius 3 is 2.90 bits per heavy atom. The molecule has 1 heterocycles. The van der Waals surface area contributed by atoms with Crippen molar-refractivity contribution in [3.63, 3.8) is 0 Å². The summed E-state index contributed by atoms with van der Waals surface area (Å²) in [7, 11) is 0. The number of allylic oxidation sites excluding steroid dienone is 1. The van der Waals surface area contributed by atoms with Gasteiger partial charge in [0.1, 0.15) is 25.5 Å². The Kier molecular flexibility index (Phi) is 5.52. The molecule has 0 fully saturated rings. The molecule has 4 nitrogen and oxygen atoms in total. The second-order valence-electron chi connectivity index (χ2n) is 4.49. The van der Waals surface area contributed by atoms with Gasteiger partial charge in [-0.25, -0.2) is 14.3 Å². The Morgan fingerprint density at radius 2 is 2.14 bits per heavy atom. The predicted octanol–water partition coefficient (Wildman–Crippen LogP) is 2.29. The van der Waals surface area contributed by atoms with E-state index < -0.39 is 5.97 Å². The van der Waals surface area contributed by atoms with Crippen LogP contribution in [0.25, 0.3) is 6.08 Å². The number of nitrogens with one attached hydrogen (secondary N) is 1. The number of esters is 1. The first-order valence-corrected chi connectivity index (χ1v) is 6.86. The average Bonchev–Trinajstić information content (AvgIpc) is 2.96. The van der Waals surface area contributed by atoms with Gasteiger partial charge in [-0.3, -0.25) is 0 Å². The van der Waals surface area contributed by atoms with Crippen molar-refractivity contribution in [2.75, 3.05) is 6.61 Å². The molecular weight excluding hydrogens is 264 g/mol. The van der Waals surface area contributed by atoms with Gasteiger partial charge >= 0.3 is 5.97 Å². The standard InChI is InChI=1S/C17H18N2O2/c1-2-17(20)21-14-10-16-18-11-13-19(16)12-6-9-15-7-4-3-5-8-15/h2-9,11,13H,1,10,12,14H2/p+1. The number of benzene rings is 1. The van der Waals surface area contributed by atoms with Crippen molar-refractivity contribution >= 4 is 12.0 Å². The van der Waals surface area contributed by atoms with Crippen molar-refractivity contribution in [3.05, 3.63) is 72.8 Å². The van der Waals surface area contributed by atoms with Crippen LogP contribution in [0.4, 0.5) is 0 Å². The summed E-state index contributed by atoms with van der Waals surface area (Å²) in [6, 6.07) is 10.2. The molecule has 0 amide bonds. The lowest BCUT2D eigenvalue weighted by Gasteiger charge is -2.00. The van der Waals surface area contributed by atoms with E-state index in [9.17, 15) is 4.79 Å². The molecule has 0 spiro atoms. The van der Waals surface area contributed by atoms with Gasteiger partial charge in [0.15, 0.2) is 0 Å². The van der Waals surface area contributed by atoms with Gasteiger partial charge < -0.3 is 4.74 Å². The van der Waals surface area contributed by atoms with Crippen molar-refractivity contribution in [2.45, 2.75) is 13.0 Å². The van der Waals surface area contributed by atoms with E-state index in [-0.39, 0.29) is 0 Å². The smallest absolute Gasteiger partial charge is 0.330 e. The molecule has 1 aromatic heterocycles. The van der Waals surface area contributed by atoms with E-state index >= 15 is 0 Å². The molecule has 0 aliphatic rings. The van der Waals surface area contributed by atoms with E-state index in [0.29, 0.717) is 13.0 Å². The molecule has 0 atom stereocenters. The van der Waals surface area contributed by atoms with Crippen molar-refractivity contribution < 1.29 is 14.1 Å². The van der Waals surface area contributed by atoms with Gasteiger partial charge in [0.2, 0.25) is 0 Å². The highest BCUT2D eigenvalue weighted by molar-refractivity contribution is 5.81. The van der Waals surface area contributed by atoms with Crippen molar-refractivity contribution in [1.82, 2.24) is 4.98 Å². The maximum Gasteiger partial charge on any atom is 0.330 e. The summed E-state index contributed by atoms with van der Waals surface area (Å²) in [5.41, 5.74) is 1.18. The first-order valence-electron chi connectivity index (χ1n) is 6.86. The third kappa shape index (κ3) is 4.76. The number of nitrogens with zero attached hydrogens (tertiary/aromatic N) is 1. The number of rotatable bonds is 7. The summed E-state index contributed by atoms with van der Waals surface area (Å²) in [5.74, 6) is 0.627. The van der Waals surface area contributed by atoms with Gasteiger partial charge in [-0.05, 0) is 11.6 Å². The lowest BCUT2D eigenvalue weighted by Crippen LogP contribution is -2.35. The van der Waals surface area contributed by atoms with Crippen molar-refractivity contribution in [2.24, 2.45) is 0 Å². The molecule has 108 valence electrons. The molecule has 1 aromatic carbocycles. The monoisotopic (exact) mass is 283 g/mol. The second kappa shape index (κ2) is 7.85. The first kappa shape index (κ1) is 14.8. The van der Waals surface area contributed by atoms with E-state index in [2.05, 4.69) is 40.4 Å². The van der Waals surface area contributed by atoms with Crippen LogP contribution in [0.5, 0.6) is 0 Å². The normalized spacial score (nSPS) is 10.7. The number of hydrogen-bond acceptors (Lipinski definition) is 2. The highest BCUT2D eigenvalue weighted by Gasteiger charge is 2.09. The molecule has 2 aromatic rings. The minimum Gasteiger partial charge on any atom is -0.462 e. The van der Waals surface area contributed by atoms with Crippen LogP contribution >= 0.6 is 0 Å². The quantitative estimate of drug-likeness (QED) is 0.481. The van der Waals surface area contributed by atoms with Crippen LogP contribution in [0, 0.1) is 0 Å². The largest absolute Gasteiger partial charge is 0.462 e. The number of hydrogen-bond donors (Lipinski definition) is 1. The second-order valence-corrected chi connectivity index (χ2v) is 4.49. The number of carbonyl (C=O) groups excluding carboxylic acids is 1. The molecule has 0 unspecified atom stereocenters. The predicted molar refractivity (Wildman–Crippen MR) is 81.3 cm³/mol. The van der Waals surface area contributed by atoms with Gasteiger partial charge in [0.25, 0.3) is 5.82 Å². The topological polar surface area (TPSA) is 46.0 Å². The lowest BCUT2D eigenvalue weighted by molar-refractivity contribution is -0.693.